The van der Waals surface area contributed by atoms with Gasteiger partial charge in [-0.1, -0.05) is 62.9 Å². The highest BCUT2D eigenvalue weighted by Gasteiger charge is 2.44. The Bertz CT molecular complexity index is 421. The molecule has 1 aromatic carbocycles. The Hall–Kier alpha value is -0.820. The van der Waals surface area contributed by atoms with Gasteiger partial charge in [-0.2, -0.15) is 0 Å². The van der Waals surface area contributed by atoms with Crippen molar-refractivity contribution in [3.63, 3.8) is 0 Å². The molecule has 0 atom stereocenters. The number of rotatable bonds is 6. The summed E-state index contributed by atoms with van der Waals surface area (Å²) in [5, 5.41) is 3.69. The molecule has 1 heteroatoms. The smallest absolute Gasteiger partial charge is 0.00833 e. The lowest BCUT2D eigenvalue weighted by Crippen LogP contribution is -2.50. The molecule has 1 aromatic rings. The van der Waals surface area contributed by atoms with E-state index in [1.165, 1.54) is 36.8 Å². The molecular weight excluding hydrogens is 242 g/mol. The van der Waals surface area contributed by atoms with E-state index < -0.39 is 0 Å². The summed E-state index contributed by atoms with van der Waals surface area (Å²) in [6.45, 7) is 12.4. The molecule has 1 aliphatic rings. The zero-order valence-corrected chi connectivity index (χ0v) is 13.9. The van der Waals surface area contributed by atoms with Crippen LogP contribution in [-0.2, 0) is 5.41 Å². The topological polar surface area (TPSA) is 12.0 Å². The molecule has 0 aromatic heterocycles. The first-order chi connectivity index (χ1) is 9.45. The maximum Gasteiger partial charge on any atom is 0.00833 e. The van der Waals surface area contributed by atoms with Crippen LogP contribution in [0.5, 0.6) is 0 Å². The number of hydrogen-bond acceptors (Lipinski definition) is 1. The van der Waals surface area contributed by atoms with Crippen molar-refractivity contribution in [1.82, 2.24) is 5.32 Å². The predicted molar refractivity (Wildman–Crippen MR) is 88.4 cm³/mol. The van der Waals surface area contributed by atoms with Gasteiger partial charge in [0.25, 0.3) is 0 Å². The van der Waals surface area contributed by atoms with Gasteiger partial charge in [0.05, 0.1) is 0 Å². The van der Waals surface area contributed by atoms with Gasteiger partial charge in [0.1, 0.15) is 0 Å². The van der Waals surface area contributed by atoms with Crippen LogP contribution in [0.1, 0.15) is 63.1 Å². The second-order valence-corrected chi connectivity index (χ2v) is 7.26. The Balaban J connectivity index is 2.18. The third-order valence-corrected chi connectivity index (χ3v) is 4.74. The molecule has 0 aliphatic heterocycles. The van der Waals surface area contributed by atoms with Gasteiger partial charge < -0.3 is 5.32 Å². The van der Waals surface area contributed by atoms with Crippen molar-refractivity contribution in [2.75, 3.05) is 6.54 Å². The first kappa shape index (κ1) is 15.6. The van der Waals surface area contributed by atoms with Crippen LogP contribution in [0.3, 0.4) is 0 Å². The van der Waals surface area contributed by atoms with Crippen molar-refractivity contribution >= 4 is 0 Å². The lowest BCUT2D eigenvalue weighted by Gasteiger charge is -2.49. The molecule has 1 nitrogen and oxygen atoms in total. The van der Waals surface area contributed by atoms with Crippen LogP contribution >= 0.6 is 0 Å². The van der Waals surface area contributed by atoms with E-state index in [9.17, 15) is 0 Å². The Morgan fingerprint density at radius 1 is 1.15 bits per heavy atom. The summed E-state index contributed by atoms with van der Waals surface area (Å²) in [5.41, 5.74) is 4.77. The molecule has 1 fully saturated rings. The molecule has 20 heavy (non-hydrogen) atoms. The van der Waals surface area contributed by atoms with Crippen molar-refractivity contribution in [3.05, 3.63) is 34.9 Å². The lowest BCUT2D eigenvalue weighted by molar-refractivity contribution is 0.126. The predicted octanol–water partition coefficient (Wildman–Crippen LogP) is 4.75. The van der Waals surface area contributed by atoms with E-state index in [4.69, 9.17) is 0 Å². The monoisotopic (exact) mass is 273 g/mol. The summed E-state index contributed by atoms with van der Waals surface area (Å²) in [6, 6.07) is 7.69. The third kappa shape index (κ3) is 3.44. The Morgan fingerprint density at radius 3 is 2.25 bits per heavy atom. The summed E-state index contributed by atoms with van der Waals surface area (Å²) < 4.78 is 0. The molecule has 1 aliphatic carbocycles. The minimum atomic E-state index is 0.390. The zero-order chi connectivity index (χ0) is 14.8. The van der Waals surface area contributed by atoms with E-state index in [1.54, 1.807) is 5.56 Å². The Morgan fingerprint density at radius 2 is 1.75 bits per heavy atom. The van der Waals surface area contributed by atoms with Crippen molar-refractivity contribution < 1.29 is 0 Å². The number of benzene rings is 1. The second kappa shape index (κ2) is 6.30. The van der Waals surface area contributed by atoms with Gasteiger partial charge in [0.2, 0.25) is 0 Å². The lowest BCUT2D eigenvalue weighted by atomic mass is 9.57. The molecule has 0 amide bonds. The molecule has 0 heterocycles. The van der Waals surface area contributed by atoms with E-state index in [1.807, 2.05) is 0 Å². The van der Waals surface area contributed by atoms with Crippen LogP contribution < -0.4 is 5.32 Å². The maximum atomic E-state index is 3.69. The number of nitrogens with one attached hydrogen (secondary N) is 1. The average Bonchev–Trinajstić information content (AvgIpc) is 2.30. The number of aryl methyl sites for hydroxylation is 2. The average molecular weight is 273 g/mol. The molecule has 0 spiro atoms. The van der Waals surface area contributed by atoms with Gasteiger partial charge in [0, 0.05) is 18.0 Å². The summed E-state index contributed by atoms with van der Waals surface area (Å²) in [5.74, 6) is 0.940. The van der Waals surface area contributed by atoms with E-state index in [0.717, 1.165) is 12.5 Å². The largest absolute Gasteiger partial charge is 0.314 e. The molecule has 0 saturated heterocycles. The van der Waals surface area contributed by atoms with Crippen LogP contribution in [0.25, 0.3) is 0 Å². The van der Waals surface area contributed by atoms with Crippen LogP contribution in [0.2, 0.25) is 0 Å². The molecule has 1 N–H and O–H groups in total. The van der Waals surface area contributed by atoms with Crippen molar-refractivity contribution in [1.29, 1.82) is 0 Å². The fourth-order valence-corrected chi connectivity index (χ4v) is 3.82. The fourth-order valence-electron chi connectivity index (χ4n) is 3.82. The second-order valence-electron chi connectivity index (χ2n) is 7.26. The highest BCUT2D eigenvalue weighted by atomic mass is 14.9. The SMILES string of the molecule is CCCC1CC(CNC(C)C)(c2cc(C)cc(C)c2)C1. The van der Waals surface area contributed by atoms with Gasteiger partial charge in [-0.05, 0) is 38.2 Å². The molecular formula is C19H31N. The molecule has 1 saturated carbocycles. The normalized spacial score (nSPS) is 25.8. The van der Waals surface area contributed by atoms with E-state index >= 15 is 0 Å². The first-order valence-electron chi connectivity index (χ1n) is 8.27. The third-order valence-electron chi connectivity index (χ3n) is 4.74. The summed E-state index contributed by atoms with van der Waals surface area (Å²) in [6.07, 6.45) is 5.45. The van der Waals surface area contributed by atoms with Crippen LogP contribution in [-0.4, -0.2) is 12.6 Å². The van der Waals surface area contributed by atoms with Crippen molar-refractivity contribution in [3.8, 4) is 0 Å². The molecule has 0 bridgehead atoms. The molecule has 0 unspecified atom stereocenters. The maximum absolute atomic E-state index is 3.69. The van der Waals surface area contributed by atoms with Gasteiger partial charge in [-0.15, -0.1) is 0 Å². The summed E-state index contributed by atoms with van der Waals surface area (Å²) in [4.78, 5) is 0. The minimum absolute atomic E-state index is 0.390. The fraction of sp³-hybridized carbons (Fsp3) is 0.684. The highest BCUT2D eigenvalue weighted by Crippen LogP contribution is 2.49. The van der Waals surface area contributed by atoms with Crippen molar-refractivity contribution in [2.24, 2.45) is 5.92 Å². The quantitative estimate of drug-likeness (QED) is 0.788. The summed E-state index contributed by atoms with van der Waals surface area (Å²) in [7, 11) is 0. The first-order valence-corrected chi connectivity index (χ1v) is 8.27. The number of hydrogen-bond donors (Lipinski definition) is 1. The highest BCUT2D eigenvalue weighted by molar-refractivity contribution is 5.36. The summed E-state index contributed by atoms with van der Waals surface area (Å²) >= 11 is 0. The Labute approximate surface area is 125 Å². The van der Waals surface area contributed by atoms with Gasteiger partial charge in [0.15, 0.2) is 0 Å². The van der Waals surface area contributed by atoms with Gasteiger partial charge in [-0.25, -0.2) is 0 Å². The Kier molecular flexibility index (Phi) is 4.90. The van der Waals surface area contributed by atoms with Crippen molar-refractivity contribution in [2.45, 2.75) is 71.8 Å². The van der Waals surface area contributed by atoms with Crippen LogP contribution in [0, 0.1) is 19.8 Å². The molecule has 2 rings (SSSR count). The van der Waals surface area contributed by atoms with Gasteiger partial charge in [-0.3, -0.25) is 0 Å². The van der Waals surface area contributed by atoms with Crippen LogP contribution in [0.15, 0.2) is 18.2 Å². The van der Waals surface area contributed by atoms with E-state index in [2.05, 4.69) is 58.1 Å². The van der Waals surface area contributed by atoms with Crippen LogP contribution in [0.4, 0.5) is 0 Å². The molecule has 112 valence electrons. The minimum Gasteiger partial charge on any atom is -0.314 e. The van der Waals surface area contributed by atoms with E-state index in [-0.39, 0.29) is 0 Å². The zero-order valence-electron chi connectivity index (χ0n) is 13.9. The van der Waals surface area contributed by atoms with Gasteiger partial charge >= 0.3 is 0 Å². The molecule has 0 radical (unpaired) electrons. The standard InChI is InChI=1S/C19H31N/c1-6-7-17-11-19(12-17,13-20-14(2)3)18-9-15(4)8-16(5)10-18/h8-10,14,17,20H,6-7,11-13H2,1-5H3. The van der Waals surface area contributed by atoms with E-state index in [0.29, 0.717) is 11.5 Å².